The number of halogens is 1. The zero-order valence-electron chi connectivity index (χ0n) is 9.34. The smallest absolute Gasteiger partial charge is 0.131 e. The molecule has 1 heterocycles. The SMILES string of the molecule is CCCc1cc2cn(C)nc2c(C)c1F. The largest absolute Gasteiger partial charge is 0.275 e. The van der Waals surface area contributed by atoms with Crippen LogP contribution in [-0.4, -0.2) is 9.78 Å². The Hall–Kier alpha value is -1.38. The molecule has 3 heteroatoms. The molecule has 2 aromatic rings. The van der Waals surface area contributed by atoms with Gasteiger partial charge in [0, 0.05) is 24.2 Å². The van der Waals surface area contributed by atoms with E-state index in [0.29, 0.717) is 5.56 Å². The average Bonchev–Trinajstić information content (AvgIpc) is 2.56. The van der Waals surface area contributed by atoms with Crippen molar-refractivity contribution in [2.24, 2.45) is 7.05 Å². The van der Waals surface area contributed by atoms with Crippen molar-refractivity contribution in [3.63, 3.8) is 0 Å². The Bertz CT molecular complexity index is 500. The Labute approximate surface area is 88.7 Å². The summed E-state index contributed by atoms with van der Waals surface area (Å²) in [6, 6.07) is 1.91. The highest BCUT2D eigenvalue weighted by Crippen LogP contribution is 2.23. The summed E-state index contributed by atoms with van der Waals surface area (Å²) in [5.74, 6) is -0.0944. The number of rotatable bonds is 2. The molecule has 2 rings (SSSR count). The van der Waals surface area contributed by atoms with E-state index in [-0.39, 0.29) is 5.82 Å². The van der Waals surface area contributed by atoms with Crippen LogP contribution in [0.4, 0.5) is 4.39 Å². The number of aromatic nitrogens is 2. The standard InChI is InChI=1S/C12H15FN2/c1-4-5-9-6-10-7-15(3)14-12(10)8(2)11(9)13/h6-7H,4-5H2,1-3H3. The molecule has 0 fully saturated rings. The van der Waals surface area contributed by atoms with Gasteiger partial charge in [0.15, 0.2) is 0 Å². The third-order valence-electron chi connectivity index (χ3n) is 2.67. The Kier molecular flexibility index (Phi) is 2.47. The third kappa shape index (κ3) is 1.62. The minimum Gasteiger partial charge on any atom is -0.275 e. The minimum absolute atomic E-state index is 0.0944. The zero-order chi connectivity index (χ0) is 11.0. The van der Waals surface area contributed by atoms with Crippen LogP contribution in [-0.2, 0) is 13.5 Å². The van der Waals surface area contributed by atoms with Crippen LogP contribution in [0.3, 0.4) is 0 Å². The van der Waals surface area contributed by atoms with Crippen molar-refractivity contribution in [2.45, 2.75) is 26.7 Å². The number of fused-ring (bicyclic) bond motifs is 1. The first-order chi connectivity index (χ1) is 7.13. The second kappa shape index (κ2) is 3.65. The van der Waals surface area contributed by atoms with Gasteiger partial charge in [-0.05, 0) is 25.0 Å². The van der Waals surface area contributed by atoms with Gasteiger partial charge in [0.05, 0.1) is 5.52 Å². The predicted octanol–water partition coefficient (Wildman–Crippen LogP) is 2.97. The molecule has 0 spiro atoms. The van der Waals surface area contributed by atoms with E-state index in [1.165, 1.54) is 0 Å². The lowest BCUT2D eigenvalue weighted by molar-refractivity contribution is 0.600. The molecule has 0 amide bonds. The molecule has 0 saturated heterocycles. The van der Waals surface area contributed by atoms with Crippen LogP contribution in [0, 0.1) is 12.7 Å². The normalized spacial score (nSPS) is 11.2. The summed E-state index contributed by atoms with van der Waals surface area (Å²) in [7, 11) is 1.86. The van der Waals surface area contributed by atoms with Gasteiger partial charge in [-0.25, -0.2) is 4.39 Å². The molecule has 0 saturated carbocycles. The van der Waals surface area contributed by atoms with Crippen molar-refractivity contribution in [1.29, 1.82) is 0 Å². The molecule has 0 aliphatic rings. The van der Waals surface area contributed by atoms with Crippen molar-refractivity contribution >= 4 is 10.9 Å². The second-order valence-electron chi connectivity index (χ2n) is 3.97. The summed E-state index contributed by atoms with van der Waals surface area (Å²) in [5, 5.41) is 5.28. The zero-order valence-corrected chi connectivity index (χ0v) is 9.34. The van der Waals surface area contributed by atoms with Gasteiger partial charge in [-0.15, -0.1) is 0 Å². The van der Waals surface area contributed by atoms with Gasteiger partial charge in [0.2, 0.25) is 0 Å². The summed E-state index contributed by atoms with van der Waals surface area (Å²) in [5.41, 5.74) is 2.24. The number of nitrogens with zero attached hydrogens (tertiary/aromatic N) is 2. The van der Waals surface area contributed by atoms with Crippen molar-refractivity contribution in [3.05, 3.63) is 29.2 Å². The lowest BCUT2D eigenvalue weighted by Gasteiger charge is -2.04. The van der Waals surface area contributed by atoms with E-state index < -0.39 is 0 Å². The third-order valence-corrected chi connectivity index (χ3v) is 2.67. The average molecular weight is 206 g/mol. The van der Waals surface area contributed by atoms with Crippen LogP contribution in [0.15, 0.2) is 12.3 Å². The van der Waals surface area contributed by atoms with Crippen molar-refractivity contribution in [2.75, 3.05) is 0 Å². The van der Waals surface area contributed by atoms with Crippen LogP contribution in [0.2, 0.25) is 0 Å². The molecule has 0 bridgehead atoms. The van der Waals surface area contributed by atoms with Gasteiger partial charge in [0.25, 0.3) is 0 Å². The van der Waals surface area contributed by atoms with Gasteiger partial charge in [-0.1, -0.05) is 13.3 Å². The summed E-state index contributed by atoms with van der Waals surface area (Å²) < 4.78 is 15.6. The summed E-state index contributed by atoms with van der Waals surface area (Å²) in [6.45, 7) is 3.85. The molecule has 0 radical (unpaired) electrons. The molecular formula is C12H15FN2. The monoisotopic (exact) mass is 206 g/mol. The molecule has 2 nitrogen and oxygen atoms in total. The van der Waals surface area contributed by atoms with E-state index in [4.69, 9.17) is 0 Å². The van der Waals surface area contributed by atoms with Gasteiger partial charge in [0.1, 0.15) is 5.82 Å². The van der Waals surface area contributed by atoms with E-state index in [0.717, 1.165) is 29.3 Å². The van der Waals surface area contributed by atoms with Crippen molar-refractivity contribution in [3.8, 4) is 0 Å². The molecule has 1 aromatic heterocycles. The number of hydrogen-bond donors (Lipinski definition) is 0. The van der Waals surface area contributed by atoms with E-state index in [9.17, 15) is 4.39 Å². The first-order valence-electron chi connectivity index (χ1n) is 5.24. The second-order valence-corrected chi connectivity index (χ2v) is 3.97. The van der Waals surface area contributed by atoms with Crippen molar-refractivity contribution in [1.82, 2.24) is 9.78 Å². The Morgan fingerprint density at radius 2 is 2.20 bits per heavy atom. The highest BCUT2D eigenvalue weighted by atomic mass is 19.1. The molecule has 0 aliphatic carbocycles. The maximum atomic E-state index is 13.9. The highest BCUT2D eigenvalue weighted by Gasteiger charge is 2.11. The molecule has 1 aromatic carbocycles. The van der Waals surface area contributed by atoms with E-state index in [1.54, 1.807) is 11.6 Å². The van der Waals surface area contributed by atoms with E-state index in [1.807, 2.05) is 19.3 Å². The van der Waals surface area contributed by atoms with Crippen LogP contribution >= 0.6 is 0 Å². The molecule has 0 atom stereocenters. The molecule has 0 aliphatic heterocycles. The Morgan fingerprint density at radius 3 is 2.87 bits per heavy atom. The van der Waals surface area contributed by atoms with Crippen molar-refractivity contribution < 1.29 is 4.39 Å². The highest BCUT2D eigenvalue weighted by molar-refractivity contribution is 5.82. The predicted molar refractivity (Wildman–Crippen MR) is 59.4 cm³/mol. The van der Waals surface area contributed by atoms with Crippen LogP contribution in [0.25, 0.3) is 10.9 Å². The summed E-state index contributed by atoms with van der Waals surface area (Å²) in [4.78, 5) is 0. The number of benzene rings is 1. The molecule has 0 unspecified atom stereocenters. The number of aryl methyl sites for hydroxylation is 3. The maximum absolute atomic E-state index is 13.9. The van der Waals surface area contributed by atoms with E-state index >= 15 is 0 Å². The minimum atomic E-state index is -0.0944. The lowest BCUT2D eigenvalue weighted by Crippen LogP contribution is -1.94. The fraction of sp³-hybridized carbons (Fsp3) is 0.417. The van der Waals surface area contributed by atoms with Crippen LogP contribution < -0.4 is 0 Å². The maximum Gasteiger partial charge on any atom is 0.131 e. The molecule has 80 valence electrons. The number of hydrogen-bond acceptors (Lipinski definition) is 1. The van der Waals surface area contributed by atoms with Gasteiger partial charge < -0.3 is 0 Å². The molecule has 15 heavy (non-hydrogen) atoms. The lowest BCUT2D eigenvalue weighted by atomic mass is 10.0. The quantitative estimate of drug-likeness (QED) is 0.738. The van der Waals surface area contributed by atoms with Gasteiger partial charge in [-0.3, -0.25) is 4.68 Å². The Balaban J connectivity index is 2.70. The molecular weight excluding hydrogens is 191 g/mol. The summed E-state index contributed by atoms with van der Waals surface area (Å²) >= 11 is 0. The fourth-order valence-electron chi connectivity index (χ4n) is 1.95. The fourth-order valence-corrected chi connectivity index (χ4v) is 1.95. The first kappa shape index (κ1) is 10.1. The first-order valence-corrected chi connectivity index (χ1v) is 5.24. The Morgan fingerprint density at radius 1 is 1.47 bits per heavy atom. The summed E-state index contributed by atoms with van der Waals surface area (Å²) in [6.07, 6.45) is 3.68. The van der Waals surface area contributed by atoms with E-state index in [2.05, 4.69) is 12.0 Å². The molecule has 0 N–H and O–H groups in total. The van der Waals surface area contributed by atoms with Crippen LogP contribution in [0.1, 0.15) is 24.5 Å². The van der Waals surface area contributed by atoms with Gasteiger partial charge in [-0.2, -0.15) is 5.10 Å². The van der Waals surface area contributed by atoms with Crippen LogP contribution in [0.5, 0.6) is 0 Å². The topological polar surface area (TPSA) is 17.8 Å². The van der Waals surface area contributed by atoms with Gasteiger partial charge >= 0.3 is 0 Å².